The van der Waals surface area contributed by atoms with E-state index in [1.54, 1.807) is 4.57 Å². The topological polar surface area (TPSA) is 58.4 Å². The van der Waals surface area contributed by atoms with E-state index < -0.39 is 12.0 Å². The number of nitrogens with zero attached hydrogens (tertiary/aromatic N) is 3. The first-order chi connectivity index (χ1) is 8.52. The Morgan fingerprint density at radius 1 is 1.39 bits per heavy atom. The molecule has 0 spiro atoms. The summed E-state index contributed by atoms with van der Waals surface area (Å²) in [6, 6.07) is -0.691. The number of hydrogen-bond acceptors (Lipinski definition) is 3. The normalized spacial score (nSPS) is 18.8. The molecule has 1 aliphatic heterocycles. The SMILES string of the molecule is Cc1nc(Cl)c(C(C(=O)O)N2CCCCC2)n1C. The molecule has 1 aromatic rings. The van der Waals surface area contributed by atoms with Gasteiger partial charge in [-0.05, 0) is 32.9 Å². The van der Waals surface area contributed by atoms with Gasteiger partial charge < -0.3 is 9.67 Å². The molecular weight excluding hydrogens is 254 g/mol. The predicted molar refractivity (Wildman–Crippen MR) is 68.8 cm³/mol. The molecule has 2 heterocycles. The molecule has 0 saturated carbocycles. The number of carboxylic acids is 1. The van der Waals surface area contributed by atoms with Gasteiger partial charge in [0.2, 0.25) is 0 Å². The first-order valence-electron chi connectivity index (χ1n) is 6.18. The monoisotopic (exact) mass is 271 g/mol. The zero-order chi connectivity index (χ0) is 13.3. The third-order valence-electron chi connectivity index (χ3n) is 3.57. The Labute approximate surface area is 111 Å². The van der Waals surface area contributed by atoms with Crippen LogP contribution in [0.15, 0.2) is 0 Å². The van der Waals surface area contributed by atoms with E-state index in [0.29, 0.717) is 10.8 Å². The second kappa shape index (κ2) is 5.28. The Balaban J connectivity index is 2.37. The van der Waals surface area contributed by atoms with Gasteiger partial charge in [-0.3, -0.25) is 9.69 Å². The molecule has 1 aromatic heterocycles. The molecule has 0 aliphatic carbocycles. The van der Waals surface area contributed by atoms with E-state index in [1.165, 1.54) is 6.42 Å². The number of carboxylic acid groups (broad SMARTS) is 1. The summed E-state index contributed by atoms with van der Waals surface area (Å²) in [6.45, 7) is 3.43. The Bertz CT molecular complexity index is 452. The van der Waals surface area contributed by atoms with E-state index in [4.69, 9.17) is 11.6 Å². The molecule has 2 rings (SSSR count). The van der Waals surface area contributed by atoms with Crippen molar-refractivity contribution in [1.29, 1.82) is 0 Å². The highest BCUT2D eigenvalue weighted by Gasteiger charge is 2.33. The zero-order valence-electron chi connectivity index (χ0n) is 10.7. The van der Waals surface area contributed by atoms with Gasteiger partial charge in [0, 0.05) is 7.05 Å². The standard InChI is InChI=1S/C12H18ClN3O2/c1-8-14-11(13)9(15(8)2)10(12(17)18)16-6-4-3-5-7-16/h10H,3-7H2,1-2H3,(H,17,18). The number of rotatable bonds is 3. The summed E-state index contributed by atoms with van der Waals surface area (Å²) >= 11 is 6.09. The first kappa shape index (κ1) is 13.4. The van der Waals surface area contributed by atoms with Crippen LogP contribution in [0.25, 0.3) is 0 Å². The fourth-order valence-electron chi connectivity index (χ4n) is 2.51. The second-order valence-corrected chi connectivity index (χ2v) is 5.09. The van der Waals surface area contributed by atoms with E-state index in [-0.39, 0.29) is 0 Å². The lowest BCUT2D eigenvalue weighted by molar-refractivity contribution is -0.144. The average molecular weight is 272 g/mol. The van der Waals surface area contributed by atoms with E-state index in [1.807, 2.05) is 18.9 Å². The van der Waals surface area contributed by atoms with Crippen LogP contribution < -0.4 is 0 Å². The summed E-state index contributed by atoms with van der Waals surface area (Å²) in [5.74, 6) is -0.125. The lowest BCUT2D eigenvalue weighted by atomic mass is 10.1. The van der Waals surface area contributed by atoms with Crippen LogP contribution in [-0.2, 0) is 11.8 Å². The lowest BCUT2D eigenvalue weighted by Gasteiger charge is -2.32. The Kier molecular flexibility index (Phi) is 3.92. The molecule has 5 nitrogen and oxygen atoms in total. The Morgan fingerprint density at radius 3 is 2.44 bits per heavy atom. The number of likely N-dealkylation sites (tertiary alicyclic amines) is 1. The van der Waals surface area contributed by atoms with E-state index in [9.17, 15) is 9.90 Å². The molecule has 1 atom stereocenters. The smallest absolute Gasteiger partial charge is 0.327 e. The molecule has 0 amide bonds. The maximum absolute atomic E-state index is 11.6. The summed E-state index contributed by atoms with van der Waals surface area (Å²) in [4.78, 5) is 17.7. The minimum absolute atomic E-state index is 0.299. The molecule has 1 fully saturated rings. The van der Waals surface area contributed by atoms with Gasteiger partial charge in [0.1, 0.15) is 5.82 Å². The number of aryl methyl sites for hydroxylation is 1. The highest BCUT2D eigenvalue weighted by Crippen LogP contribution is 2.30. The Morgan fingerprint density at radius 2 is 2.00 bits per heavy atom. The third kappa shape index (κ3) is 2.37. The third-order valence-corrected chi connectivity index (χ3v) is 3.84. The van der Waals surface area contributed by atoms with Crippen molar-refractivity contribution in [2.75, 3.05) is 13.1 Å². The van der Waals surface area contributed by atoms with Gasteiger partial charge in [0.05, 0.1) is 5.69 Å². The van der Waals surface area contributed by atoms with Gasteiger partial charge in [0.25, 0.3) is 0 Å². The second-order valence-electron chi connectivity index (χ2n) is 4.73. The molecule has 100 valence electrons. The number of aromatic nitrogens is 2. The zero-order valence-corrected chi connectivity index (χ0v) is 11.4. The maximum atomic E-state index is 11.6. The molecule has 6 heteroatoms. The first-order valence-corrected chi connectivity index (χ1v) is 6.55. The molecule has 1 N–H and O–H groups in total. The van der Waals surface area contributed by atoms with Gasteiger partial charge in [0.15, 0.2) is 11.2 Å². The van der Waals surface area contributed by atoms with Crippen molar-refractivity contribution >= 4 is 17.6 Å². The number of carbonyl (C=O) groups is 1. The van der Waals surface area contributed by atoms with Crippen molar-refractivity contribution in [3.63, 3.8) is 0 Å². The van der Waals surface area contributed by atoms with Crippen LogP contribution in [-0.4, -0.2) is 38.6 Å². The van der Waals surface area contributed by atoms with Crippen molar-refractivity contribution in [2.45, 2.75) is 32.2 Å². The van der Waals surface area contributed by atoms with Crippen LogP contribution in [0, 0.1) is 6.92 Å². The molecule has 1 unspecified atom stereocenters. The predicted octanol–water partition coefficient (Wildman–Crippen LogP) is 1.99. The number of piperidine rings is 1. The summed E-state index contributed by atoms with van der Waals surface area (Å²) in [5.41, 5.74) is 0.587. The van der Waals surface area contributed by atoms with Gasteiger partial charge in [-0.1, -0.05) is 18.0 Å². The molecule has 18 heavy (non-hydrogen) atoms. The van der Waals surface area contributed by atoms with E-state index >= 15 is 0 Å². The van der Waals surface area contributed by atoms with Crippen LogP contribution in [0.5, 0.6) is 0 Å². The highest BCUT2D eigenvalue weighted by atomic mass is 35.5. The van der Waals surface area contributed by atoms with Crippen LogP contribution in [0.2, 0.25) is 5.15 Å². The van der Waals surface area contributed by atoms with Crippen LogP contribution in [0.1, 0.15) is 36.8 Å². The fraction of sp³-hybridized carbons (Fsp3) is 0.667. The fourth-order valence-corrected chi connectivity index (χ4v) is 2.86. The van der Waals surface area contributed by atoms with Gasteiger partial charge in [-0.2, -0.15) is 0 Å². The van der Waals surface area contributed by atoms with Crippen LogP contribution in [0.4, 0.5) is 0 Å². The van der Waals surface area contributed by atoms with Crippen molar-refractivity contribution in [1.82, 2.24) is 14.5 Å². The minimum Gasteiger partial charge on any atom is -0.480 e. The molecule has 0 radical (unpaired) electrons. The van der Waals surface area contributed by atoms with Crippen molar-refractivity contribution in [3.05, 3.63) is 16.7 Å². The highest BCUT2D eigenvalue weighted by molar-refractivity contribution is 6.30. The van der Waals surface area contributed by atoms with E-state index in [0.717, 1.165) is 31.8 Å². The molecular formula is C12H18ClN3O2. The average Bonchev–Trinajstić information content (AvgIpc) is 2.57. The van der Waals surface area contributed by atoms with Gasteiger partial charge >= 0.3 is 5.97 Å². The molecule has 1 saturated heterocycles. The summed E-state index contributed by atoms with van der Waals surface area (Å²) in [6.07, 6.45) is 3.25. The summed E-state index contributed by atoms with van der Waals surface area (Å²) in [7, 11) is 1.81. The van der Waals surface area contributed by atoms with Crippen molar-refractivity contribution in [2.24, 2.45) is 7.05 Å². The number of halogens is 1. The number of hydrogen-bond donors (Lipinski definition) is 1. The van der Waals surface area contributed by atoms with E-state index in [2.05, 4.69) is 4.98 Å². The summed E-state index contributed by atoms with van der Waals surface area (Å²) in [5, 5.41) is 9.79. The molecule has 1 aliphatic rings. The quantitative estimate of drug-likeness (QED) is 0.913. The van der Waals surface area contributed by atoms with Crippen molar-refractivity contribution < 1.29 is 9.90 Å². The van der Waals surface area contributed by atoms with Gasteiger partial charge in [-0.25, -0.2) is 4.98 Å². The number of imidazole rings is 1. The van der Waals surface area contributed by atoms with Crippen molar-refractivity contribution in [3.8, 4) is 0 Å². The summed E-state index contributed by atoms with van der Waals surface area (Å²) < 4.78 is 1.77. The minimum atomic E-state index is -0.859. The Hall–Kier alpha value is -1.07. The van der Waals surface area contributed by atoms with Crippen LogP contribution in [0.3, 0.4) is 0 Å². The van der Waals surface area contributed by atoms with Crippen LogP contribution >= 0.6 is 11.6 Å². The maximum Gasteiger partial charge on any atom is 0.327 e. The molecule has 0 bridgehead atoms. The molecule has 0 aromatic carbocycles. The largest absolute Gasteiger partial charge is 0.480 e. The number of aliphatic carboxylic acids is 1. The van der Waals surface area contributed by atoms with Gasteiger partial charge in [-0.15, -0.1) is 0 Å². The lowest BCUT2D eigenvalue weighted by Crippen LogP contribution is -2.39.